The van der Waals surface area contributed by atoms with Gasteiger partial charge in [0.25, 0.3) is 11.6 Å². The summed E-state index contributed by atoms with van der Waals surface area (Å²) < 4.78 is 39.3. The maximum absolute atomic E-state index is 13.0. The van der Waals surface area contributed by atoms with E-state index in [1.165, 1.54) is 18.2 Å². The summed E-state index contributed by atoms with van der Waals surface area (Å²) in [7, 11) is -4.13. The predicted octanol–water partition coefficient (Wildman–Crippen LogP) is 3.91. The Bertz CT molecular complexity index is 1480. The van der Waals surface area contributed by atoms with Gasteiger partial charge in [0.1, 0.15) is 23.8 Å². The highest BCUT2D eigenvalue weighted by molar-refractivity contribution is 9.09. The smallest absolute Gasteiger partial charge is 0.289 e. The second-order valence-electron chi connectivity index (χ2n) is 8.76. The molecular formula is C25H25BrN4O7S. The van der Waals surface area contributed by atoms with Crippen molar-refractivity contribution < 1.29 is 27.6 Å². The summed E-state index contributed by atoms with van der Waals surface area (Å²) in [6.45, 7) is 3.70. The van der Waals surface area contributed by atoms with E-state index in [-0.39, 0.29) is 19.1 Å². The molecule has 1 amide bonds. The van der Waals surface area contributed by atoms with Crippen LogP contribution in [-0.2, 0) is 14.8 Å². The van der Waals surface area contributed by atoms with E-state index in [1.54, 1.807) is 49.2 Å². The first-order valence-corrected chi connectivity index (χ1v) is 14.2. The number of fused-ring (bicyclic) bond motifs is 1. The number of aromatic nitrogens is 1. The van der Waals surface area contributed by atoms with Crippen LogP contribution in [0, 0.1) is 10.1 Å². The van der Waals surface area contributed by atoms with Crippen LogP contribution in [0.1, 0.15) is 13.8 Å². The quantitative estimate of drug-likeness (QED) is 0.159. The van der Waals surface area contributed by atoms with Crippen molar-refractivity contribution in [3.05, 3.63) is 70.9 Å². The average molecular weight is 605 g/mol. The largest absolute Gasteiger partial charge is 0.490 e. The summed E-state index contributed by atoms with van der Waals surface area (Å²) in [5.41, 5.74) is 0.273. The molecule has 1 aromatic heterocycles. The fourth-order valence-corrected chi connectivity index (χ4v) is 5.53. The number of ether oxygens (including phenoxy) is 2. The van der Waals surface area contributed by atoms with Crippen molar-refractivity contribution in [2.75, 3.05) is 29.9 Å². The van der Waals surface area contributed by atoms with Crippen LogP contribution in [0.25, 0.3) is 11.3 Å². The molecule has 1 N–H and O–H groups in total. The molecule has 0 spiro atoms. The second kappa shape index (κ2) is 11.1. The first kappa shape index (κ1) is 27.5. The Morgan fingerprint density at radius 2 is 1.95 bits per heavy atom. The summed E-state index contributed by atoms with van der Waals surface area (Å²) in [5.74, 6) is 0.805. The molecule has 0 unspecified atom stereocenters. The summed E-state index contributed by atoms with van der Waals surface area (Å²) in [6.07, 6.45) is 1.60. The van der Waals surface area contributed by atoms with Gasteiger partial charge < -0.3 is 14.4 Å². The maximum Gasteiger partial charge on any atom is 0.289 e. The molecule has 1 aliphatic rings. The van der Waals surface area contributed by atoms with Crippen molar-refractivity contribution in [3.63, 3.8) is 0 Å². The summed E-state index contributed by atoms with van der Waals surface area (Å²) in [4.78, 5) is 29.1. The molecule has 13 heteroatoms. The SMILES string of the molecule is CC1(C)Oc2ccc(-c3ncccc3OCCNS(=O)(=O)c3ccccc3[N+](=O)[O-])cc2N(CCBr)C1=O. The maximum atomic E-state index is 13.0. The lowest BCUT2D eigenvalue weighted by atomic mass is 10.0. The molecule has 38 heavy (non-hydrogen) atoms. The zero-order valence-electron chi connectivity index (χ0n) is 20.6. The van der Waals surface area contributed by atoms with E-state index < -0.39 is 31.1 Å². The number of sulfonamides is 1. The number of para-hydroxylation sites is 1. The van der Waals surface area contributed by atoms with Gasteiger partial charge in [-0.15, -0.1) is 0 Å². The molecule has 0 atom stereocenters. The van der Waals surface area contributed by atoms with Crippen LogP contribution < -0.4 is 19.1 Å². The molecule has 0 saturated carbocycles. The standard InChI is InChI=1S/C25H25BrN4O7S/c1-25(2)24(31)29(14-11-26)19-16-17(9-10-20(19)37-25)23-21(7-5-12-27-23)36-15-13-28-38(34,35)22-8-4-3-6-18(22)30(32)33/h3-10,12,16,28H,11,13-15H2,1-2H3. The van der Waals surface area contributed by atoms with Gasteiger partial charge in [-0.25, -0.2) is 13.1 Å². The molecule has 200 valence electrons. The number of alkyl halides is 1. The van der Waals surface area contributed by atoms with Gasteiger partial charge in [-0.1, -0.05) is 28.1 Å². The zero-order chi connectivity index (χ0) is 27.5. The Morgan fingerprint density at radius 3 is 2.68 bits per heavy atom. The molecule has 1 aliphatic heterocycles. The number of amides is 1. The van der Waals surface area contributed by atoms with Gasteiger partial charge >= 0.3 is 0 Å². The number of nitrogens with one attached hydrogen (secondary N) is 1. The molecule has 0 aliphatic carbocycles. The number of carbonyl (C=O) groups excluding carboxylic acids is 1. The van der Waals surface area contributed by atoms with E-state index in [0.29, 0.717) is 40.3 Å². The Kier molecular flexibility index (Phi) is 7.99. The Labute approximate surface area is 228 Å². The van der Waals surface area contributed by atoms with Crippen LogP contribution in [0.3, 0.4) is 0 Å². The van der Waals surface area contributed by atoms with Gasteiger partial charge in [-0.2, -0.15) is 0 Å². The highest BCUT2D eigenvalue weighted by atomic mass is 79.9. The number of hydrogen-bond donors (Lipinski definition) is 1. The number of pyridine rings is 1. The lowest BCUT2D eigenvalue weighted by Crippen LogP contribution is -2.53. The Hall–Kier alpha value is -3.55. The van der Waals surface area contributed by atoms with Crippen LogP contribution in [-0.4, -0.2) is 54.9 Å². The highest BCUT2D eigenvalue weighted by Gasteiger charge is 2.40. The fraction of sp³-hybridized carbons (Fsp3) is 0.280. The van der Waals surface area contributed by atoms with E-state index >= 15 is 0 Å². The molecule has 0 saturated heterocycles. The molecule has 2 aromatic carbocycles. The Morgan fingerprint density at radius 1 is 1.18 bits per heavy atom. The van der Waals surface area contributed by atoms with Crippen LogP contribution in [0.2, 0.25) is 0 Å². The number of nitrogens with zero attached hydrogens (tertiary/aromatic N) is 3. The molecule has 0 fully saturated rings. The van der Waals surface area contributed by atoms with Gasteiger partial charge in [-0.3, -0.25) is 19.9 Å². The fourth-order valence-electron chi connectivity index (χ4n) is 4.00. The van der Waals surface area contributed by atoms with E-state index in [0.717, 1.165) is 6.07 Å². The summed E-state index contributed by atoms with van der Waals surface area (Å²) >= 11 is 3.40. The van der Waals surface area contributed by atoms with Gasteiger partial charge in [-0.05, 0) is 50.2 Å². The molecule has 0 radical (unpaired) electrons. The van der Waals surface area contributed by atoms with Gasteiger partial charge in [0.05, 0.1) is 10.6 Å². The summed E-state index contributed by atoms with van der Waals surface area (Å²) in [5, 5.41) is 11.8. The van der Waals surface area contributed by atoms with Crippen LogP contribution >= 0.6 is 15.9 Å². The van der Waals surface area contributed by atoms with Gasteiger partial charge in [0, 0.05) is 36.2 Å². The van der Waals surface area contributed by atoms with Crippen LogP contribution in [0.15, 0.2) is 65.7 Å². The predicted molar refractivity (Wildman–Crippen MR) is 144 cm³/mol. The van der Waals surface area contributed by atoms with Crippen molar-refractivity contribution in [2.24, 2.45) is 0 Å². The summed E-state index contributed by atoms with van der Waals surface area (Å²) in [6, 6.07) is 13.9. The van der Waals surface area contributed by atoms with E-state index in [1.807, 2.05) is 6.07 Å². The van der Waals surface area contributed by atoms with Gasteiger partial charge in [0.2, 0.25) is 10.0 Å². The van der Waals surface area contributed by atoms with Crippen molar-refractivity contribution in [3.8, 4) is 22.8 Å². The molecule has 2 heterocycles. The lowest BCUT2D eigenvalue weighted by Gasteiger charge is -2.38. The molecule has 3 aromatic rings. The van der Waals surface area contributed by atoms with Gasteiger partial charge in [0.15, 0.2) is 10.5 Å². The van der Waals surface area contributed by atoms with Crippen LogP contribution in [0.5, 0.6) is 11.5 Å². The third-order valence-electron chi connectivity index (χ3n) is 5.73. The molecule has 0 bridgehead atoms. The number of nitro groups is 1. The number of hydrogen-bond acceptors (Lipinski definition) is 8. The average Bonchev–Trinajstić information content (AvgIpc) is 2.89. The topological polar surface area (TPSA) is 141 Å². The normalized spacial score (nSPS) is 14.5. The number of halogens is 1. The van der Waals surface area contributed by atoms with Crippen molar-refractivity contribution in [1.29, 1.82) is 0 Å². The first-order chi connectivity index (χ1) is 18.0. The van der Waals surface area contributed by atoms with Crippen molar-refractivity contribution >= 4 is 43.2 Å². The third-order valence-corrected chi connectivity index (χ3v) is 7.59. The number of anilines is 1. The minimum atomic E-state index is -4.13. The minimum absolute atomic E-state index is 0.0605. The zero-order valence-corrected chi connectivity index (χ0v) is 23.0. The van der Waals surface area contributed by atoms with Crippen LogP contribution in [0.4, 0.5) is 11.4 Å². The highest BCUT2D eigenvalue weighted by Crippen LogP contribution is 2.41. The first-order valence-electron chi connectivity index (χ1n) is 11.6. The second-order valence-corrected chi connectivity index (χ2v) is 11.3. The van der Waals surface area contributed by atoms with E-state index in [4.69, 9.17) is 9.47 Å². The molecular weight excluding hydrogens is 580 g/mol. The number of rotatable bonds is 10. The molecule has 11 nitrogen and oxygen atoms in total. The van der Waals surface area contributed by atoms with E-state index in [2.05, 4.69) is 25.6 Å². The number of nitro benzene ring substituents is 1. The molecule has 4 rings (SSSR count). The number of carbonyl (C=O) groups is 1. The minimum Gasteiger partial charge on any atom is -0.490 e. The lowest BCUT2D eigenvalue weighted by molar-refractivity contribution is -0.387. The monoisotopic (exact) mass is 604 g/mol. The third kappa shape index (κ3) is 5.64. The van der Waals surface area contributed by atoms with Crippen molar-refractivity contribution in [1.82, 2.24) is 9.71 Å². The van der Waals surface area contributed by atoms with E-state index in [9.17, 15) is 23.3 Å². The Balaban J connectivity index is 1.52. The number of benzene rings is 2. The van der Waals surface area contributed by atoms with Crippen molar-refractivity contribution in [2.45, 2.75) is 24.3 Å².